The lowest BCUT2D eigenvalue weighted by molar-refractivity contribution is -0.117. The van der Waals surface area contributed by atoms with E-state index in [1.165, 1.54) is 0 Å². The van der Waals surface area contributed by atoms with Crippen molar-refractivity contribution in [3.8, 4) is 0 Å². The maximum atomic E-state index is 12.6. The van der Waals surface area contributed by atoms with Gasteiger partial charge in [-0.15, -0.1) is 0 Å². The minimum Gasteiger partial charge on any atom is -0.444 e. The normalized spacial score (nSPS) is 13.9. The first-order valence-electron chi connectivity index (χ1n) is 9.53. The van der Waals surface area contributed by atoms with Gasteiger partial charge in [-0.3, -0.25) is 14.9 Å². The molecule has 0 aromatic heterocycles. The van der Waals surface area contributed by atoms with Gasteiger partial charge in [0.15, 0.2) is 0 Å². The molecule has 0 bridgehead atoms. The summed E-state index contributed by atoms with van der Waals surface area (Å²) in [5.74, 6) is -0.182. The van der Waals surface area contributed by atoms with Crippen LogP contribution in [-0.2, 0) is 9.53 Å². The lowest BCUT2D eigenvalue weighted by Crippen LogP contribution is -2.27. The fraction of sp³-hybridized carbons (Fsp3) is 0.318. The fourth-order valence-corrected chi connectivity index (χ4v) is 3.01. The minimum atomic E-state index is -0.606. The van der Waals surface area contributed by atoms with Crippen LogP contribution in [0.15, 0.2) is 48.5 Å². The molecule has 0 spiro atoms. The Labute approximate surface area is 170 Å². The van der Waals surface area contributed by atoms with Crippen LogP contribution >= 0.6 is 0 Å². The van der Waals surface area contributed by atoms with E-state index in [0.717, 1.165) is 18.7 Å². The molecule has 0 unspecified atom stereocenters. The van der Waals surface area contributed by atoms with E-state index in [1.807, 2.05) is 12.1 Å². The fourth-order valence-electron chi connectivity index (χ4n) is 3.01. The van der Waals surface area contributed by atoms with Gasteiger partial charge >= 0.3 is 6.09 Å². The van der Waals surface area contributed by atoms with Gasteiger partial charge < -0.3 is 15.0 Å². The van der Waals surface area contributed by atoms with Gasteiger partial charge in [-0.1, -0.05) is 6.07 Å². The minimum absolute atomic E-state index is 0.121. The molecule has 0 saturated carbocycles. The predicted octanol–water partition coefficient (Wildman–Crippen LogP) is 4.41. The van der Waals surface area contributed by atoms with Crippen molar-refractivity contribution in [2.75, 3.05) is 22.1 Å². The standard InChI is InChI=1S/C22H25N3O4/c1-22(2,3)29-21(28)24-17-7-4-6-15(14-17)20(27)23-16-9-11-18(12-10-16)25-13-5-8-19(25)26/h4,6-7,9-12,14H,5,8,13H2,1-3H3,(H,23,27)(H,24,28). The quantitative estimate of drug-likeness (QED) is 0.803. The van der Waals surface area contributed by atoms with Gasteiger partial charge in [-0.2, -0.15) is 0 Å². The lowest BCUT2D eigenvalue weighted by Gasteiger charge is -2.19. The number of nitrogens with one attached hydrogen (secondary N) is 2. The maximum absolute atomic E-state index is 12.6. The molecule has 1 saturated heterocycles. The van der Waals surface area contributed by atoms with Crippen LogP contribution < -0.4 is 15.5 Å². The maximum Gasteiger partial charge on any atom is 0.412 e. The third-order valence-electron chi connectivity index (χ3n) is 4.28. The average Bonchev–Trinajstić information content (AvgIpc) is 3.07. The zero-order valence-corrected chi connectivity index (χ0v) is 16.8. The first kappa shape index (κ1) is 20.4. The Morgan fingerprint density at radius 1 is 1.00 bits per heavy atom. The van der Waals surface area contributed by atoms with E-state index in [1.54, 1.807) is 62.1 Å². The monoisotopic (exact) mass is 395 g/mol. The summed E-state index contributed by atoms with van der Waals surface area (Å²) in [4.78, 5) is 38.0. The number of ether oxygens (including phenoxy) is 1. The summed E-state index contributed by atoms with van der Waals surface area (Å²) < 4.78 is 5.22. The van der Waals surface area contributed by atoms with Crippen molar-refractivity contribution in [2.24, 2.45) is 0 Å². The molecule has 0 atom stereocenters. The van der Waals surface area contributed by atoms with Crippen LogP contribution in [0.3, 0.4) is 0 Å². The van der Waals surface area contributed by atoms with E-state index in [9.17, 15) is 14.4 Å². The van der Waals surface area contributed by atoms with E-state index in [4.69, 9.17) is 4.74 Å². The molecule has 7 heteroatoms. The largest absolute Gasteiger partial charge is 0.444 e. The highest BCUT2D eigenvalue weighted by Gasteiger charge is 2.21. The van der Waals surface area contributed by atoms with Crippen LogP contribution in [-0.4, -0.2) is 30.1 Å². The third-order valence-corrected chi connectivity index (χ3v) is 4.28. The van der Waals surface area contributed by atoms with Gasteiger partial charge in [0.05, 0.1) is 0 Å². The van der Waals surface area contributed by atoms with Crippen LogP contribution in [0.1, 0.15) is 44.0 Å². The van der Waals surface area contributed by atoms with Gasteiger partial charge in [0.1, 0.15) is 5.60 Å². The second-order valence-corrected chi connectivity index (χ2v) is 7.86. The molecule has 3 amide bonds. The van der Waals surface area contributed by atoms with Crippen molar-refractivity contribution >= 4 is 35.0 Å². The number of nitrogens with zero attached hydrogens (tertiary/aromatic N) is 1. The Hall–Kier alpha value is -3.35. The molecule has 2 N–H and O–H groups in total. The van der Waals surface area contributed by atoms with Crippen molar-refractivity contribution in [1.82, 2.24) is 0 Å². The Balaban J connectivity index is 1.63. The van der Waals surface area contributed by atoms with Gasteiger partial charge in [-0.05, 0) is 69.7 Å². The summed E-state index contributed by atoms with van der Waals surface area (Å²) in [7, 11) is 0. The molecule has 2 aromatic rings. The molecule has 1 heterocycles. The summed E-state index contributed by atoms with van der Waals surface area (Å²) in [5.41, 5.74) is 1.71. The van der Waals surface area contributed by atoms with Gasteiger partial charge in [-0.25, -0.2) is 4.79 Å². The van der Waals surface area contributed by atoms with Gasteiger partial charge in [0, 0.05) is 35.6 Å². The Kier molecular flexibility index (Phi) is 5.87. The summed E-state index contributed by atoms with van der Waals surface area (Å²) in [6.07, 6.45) is 0.860. The first-order valence-corrected chi connectivity index (χ1v) is 9.53. The average molecular weight is 395 g/mol. The van der Waals surface area contributed by atoms with Crippen molar-refractivity contribution in [1.29, 1.82) is 0 Å². The number of amides is 3. The second kappa shape index (κ2) is 8.34. The van der Waals surface area contributed by atoms with E-state index >= 15 is 0 Å². The third kappa shape index (κ3) is 5.57. The van der Waals surface area contributed by atoms with Crippen LogP contribution in [0, 0.1) is 0 Å². The van der Waals surface area contributed by atoms with Crippen molar-refractivity contribution in [3.05, 3.63) is 54.1 Å². The van der Waals surface area contributed by atoms with Gasteiger partial charge in [0.2, 0.25) is 5.91 Å². The lowest BCUT2D eigenvalue weighted by atomic mass is 10.1. The summed E-state index contributed by atoms with van der Waals surface area (Å²) in [5, 5.41) is 5.44. The molecule has 0 aliphatic carbocycles. The van der Waals surface area contributed by atoms with E-state index < -0.39 is 11.7 Å². The molecule has 1 fully saturated rings. The van der Waals surface area contributed by atoms with Crippen LogP contribution in [0.25, 0.3) is 0 Å². The molecular weight excluding hydrogens is 370 g/mol. The van der Waals surface area contributed by atoms with Crippen LogP contribution in [0.4, 0.5) is 21.9 Å². The smallest absolute Gasteiger partial charge is 0.412 e. The number of hydrogen-bond acceptors (Lipinski definition) is 4. The molecule has 29 heavy (non-hydrogen) atoms. The molecule has 1 aliphatic heterocycles. The van der Waals surface area contributed by atoms with Crippen molar-refractivity contribution < 1.29 is 19.1 Å². The highest BCUT2D eigenvalue weighted by Crippen LogP contribution is 2.23. The summed E-state index contributed by atoms with van der Waals surface area (Å²) in [6.45, 7) is 6.06. The zero-order chi connectivity index (χ0) is 21.0. The number of benzene rings is 2. The molecular formula is C22H25N3O4. The van der Waals surface area contributed by atoms with Crippen LogP contribution in [0.2, 0.25) is 0 Å². The van der Waals surface area contributed by atoms with Gasteiger partial charge in [0.25, 0.3) is 5.91 Å². The SMILES string of the molecule is CC(C)(C)OC(=O)Nc1cccc(C(=O)Nc2ccc(N3CCCC3=O)cc2)c1. The number of carbonyl (C=O) groups is 3. The van der Waals surface area contributed by atoms with E-state index in [0.29, 0.717) is 23.4 Å². The van der Waals surface area contributed by atoms with Crippen molar-refractivity contribution in [2.45, 2.75) is 39.2 Å². The second-order valence-electron chi connectivity index (χ2n) is 7.86. The van der Waals surface area contributed by atoms with Crippen molar-refractivity contribution in [3.63, 3.8) is 0 Å². The molecule has 3 rings (SSSR count). The highest BCUT2D eigenvalue weighted by atomic mass is 16.6. The molecule has 2 aromatic carbocycles. The van der Waals surface area contributed by atoms with Crippen LogP contribution in [0.5, 0.6) is 0 Å². The molecule has 7 nitrogen and oxygen atoms in total. The van der Waals surface area contributed by atoms with E-state index in [-0.39, 0.29) is 11.8 Å². The number of rotatable bonds is 4. The zero-order valence-electron chi connectivity index (χ0n) is 16.8. The number of carbonyl (C=O) groups excluding carboxylic acids is 3. The molecule has 152 valence electrons. The summed E-state index contributed by atoms with van der Waals surface area (Å²) >= 11 is 0. The summed E-state index contributed by atoms with van der Waals surface area (Å²) in [6, 6.07) is 13.8. The predicted molar refractivity (Wildman–Crippen MR) is 112 cm³/mol. The number of hydrogen-bond donors (Lipinski definition) is 2. The topological polar surface area (TPSA) is 87.7 Å². The Bertz CT molecular complexity index is 916. The Morgan fingerprint density at radius 2 is 1.72 bits per heavy atom. The molecule has 0 radical (unpaired) electrons. The highest BCUT2D eigenvalue weighted by molar-refractivity contribution is 6.05. The van der Waals surface area contributed by atoms with E-state index in [2.05, 4.69) is 10.6 Å². The Morgan fingerprint density at radius 3 is 2.34 bits per heavy atom. The first-order chi connectivity index (χ1) is 13.7. The number of anilines is 3. The molecule has 1 aliphatic rings.